The number of ketones is 1. The van der Waals surface area contributed by atoms with Crippen LogP contribution in [-0.2, 0) is 14.4 Å². The summed E-state index contributed by atoms with van der Waals surface area (Å²) in [5, 5.41) is 9.77. The first-order valence-electron chi connectivity index (χ1n) is 9.56. The molecule has 1 saturated heterocycles. The number of piperidine rings is 1. The quantitative estimate of drug-likeness (QED) is 0.706. The molecule has 1 amide bonds. The number of aliphatic carboxylic acids is 1. The Hall–Kier alpha value is -1.88. The summed E-state index contributed by atoms with van der Waals surface area (Å²) in [6, 6.07) is 6.55. The highest BCUT2D eigenvalue weighted by molar-refractivity contribution is 6.30. The van der Waals surface area contributed by atoms with Gasteiger partial charge in [0.25, 0.3) is 0 Å². The summed E-state index contributed by atoms with van der Waals surface area (Å²) in [6.45, 7) is 5.86. The van der Waals surface area contributed by atoms with E-state index in [1.807, 2.05) is 32.9 Å². The van der Waals surface area contributed by atoms with Gasteiger partial charge in [-0.3, -0.25) is 14.4 Å². The van der Waals surface area contributed by atoms with Gasteiger partial charge < -0.3 is 10.0 Å². The van der Waals surface area contributed by atoms with Crippen molar-refractivity contribution in [2.75, 3.05) is 0 Å². The molecule has 27 heavy (non-hydrogen) atoms. The molecule has 1 aromatic carbocycles. The molecule has 1 aliphatic rings. The first kappa shape index (κ1) is 21.4. The molecule has 2 unspecified atom stereocenters. The fourth-order valence-electron chi connectivity index (χ4n) is 3.89. The number of hydrogen-bond donors (Lipinski definition) is 1. The minimum atomic E-state index is -0.986. The van der Waals surface area contributed by atoms with Crippen LogP contribution in [-0.4, -0.2) is 33.7 Å². The molecule has 0 saturated carbocycles. The monoisotopic (exact) mass is 393 g/mol. The van der Waals surface area contributed by atoms with Crippen LogP contribution in [0.15, 0.2) is 24.3 Å². The number of benzene rings is 1. The highest BCUT2D eigenvalue weighted by Crippen LogP contribution is 2.38. The smallest absolute Gasteiger partial charge is 0.304 e. The van der Waals surface area contributed by atoms with Crippen LogP contribution >= 0.6 is 11.6 Å². The summed E-state index contributed by atoms with van der Waals surface area (Å²) < 4.78 is 0. The van der Waals surface area contributed by atoms with Gasteiger partial charge in [0.2, 0.25) is 5.91 Å². The molecule has 1 aromatic rings. The molecule has 5 nitrogen and oxygen atoms in total. The molecule has 1 heterocycles. The van der Waals surface area contributed by atoms with Crippen LogP contribution in [0.25, 0.3) is 0 Å². The van der Waals surface area contributed by atoms with Crippen molar-refractivity contribution in [3.05, 3.63) is 34.9 Å². The summed E-state index contributed by atoms with van der Waals surface area (Å²) in [6.07, 6.45) is 1.86. The Morgan fingerprint density at radius 2 is 1.85 bits per heavy atom. The van der Waals surface area contributed by atoms with Crippen LogP contribution in [0.1, 0.15) is 64.5 Å². The standard InChI is InChI=1S/C21H28ClNO4/c1-4-17(19(24)11-13(2)3)23-18(14-5-8-16(22)9-6-14)10-7-15(21(23)27)12-20(25)26/h5-6,8-9,13,15,17-18H,4,7,10-12H2,1-3H3,(H,25,26)/t15?,17-,18?/m0/s1. The largest absolute Gasteiger partial charge is 0.481 e. The normalized spacial score (nSPS) is 21.4. The Bertz CT molecular complexity index is 686. The van der Waals surface area contributed by atoms with E-state index in [-0.39, 0.29) is 30.1 Å². The highest BCUT2D eigenvalue weighted by atomic mass is 35.5. The summed E-state index contributed by atoms with van der Waals surface area (Å²) in [5.74, 6) is -1.55. The molecule has 1 aliphatic heterocycles. The highest BCUT2D eigenvalue weighted by Gasteiger charge is 2.42. The molecule has 0 bridgehead atoms. The van der Waals surface area contributed by atoms with Crippen molar-refractivity contribution < 1.29 is 19.5 Å². The third-order valence-electron chi connectivity index (χ3n) is 5.11. The van der Waals surface area contributed by atoms with Gasteiger partial charge in [0.15, 0.2) is 5.78 Å². The van der Waals surface area contributed by atoms with Crippen LogP contribution in [0.5, 0.6) is 0 Å². The molecule has 6 heteroatoms. The molecule has 1 N–H and O–H groups in total. The molecular formula is C21H28ClNO4. The first-order valence-corrected chi connectivity index (χ1v) is 9.94. The van der Waals surface area contributed by atoms with E-state index in [0.29, 0.717) is 30.7 Å². The van der Waals surface area contributed by atoms with E-state index in [2.05, 4.69) is 0 Å². The predicted molar refractivity (Wildman–Crippen MR) is 105 cm³/mol. The second kappa shape index (κ2) is 9.36. The maximum Gasteiger partial charge on any atom is 0.304 e. The maximum atomic E-state index is 13.2. The van der Waals surface area contributed by atoms with E-state index >= 15 is 0 Å². The lowest BCUT2D eigenvalue weighted by molar-refractivity contribution is -0.154. The summed E-state index contributed by atoms with van der Waals surface area (Å²) in [7, 11) is 0. The number of carbonyl (C=O) groups excluding carboxylic acids is 2. The molecule has 0 radical (unpaired) electrons. The molecule has 2 rings (SSSR count). The summed E-state index contributed by atoms with van der Waals surface area (Å²) in [5.41, 5.74) is 0.928. The van der Waals surface area contributed by atoms with Crippen molar-refractivity contribution in [2.24, 2.45) is 11.8 Å². The molecule has 148 valence electrons. The van der Waals surface area contributed by atoms with E-state index in [0.717, 1.165) is 5.56 Å². The van der Waals surface area contributed by atoms with Crippen molar-refractivity contribution in [3.8, 4) is 0 Å². The second-order valence-corrected chi connectivity index (χ2v) is 8.11. The average molecular weight is 394 g/mol. The van der Waals surface area contributed by atoms with Gasteiger partial charge in [-0.25, -0.2) is 0 Å². The van der Waals surface area contributed by atoms with E-state index in [4.69, 9.17) is 16.7 Å². The second-order valence-electron chi connectivity index (χ2n) is 7.67. The number of Topliss-reactive ketones (excluding diaryl/α,β-unsaturated/α-hetero) is 1. The number of carbonyl (C=O) groups is 3. The first-order chi connectivity index (χ1) is 12.7. The zero-order valence-corrected chi connectivity index (χ0v) is 16.9. The Labute approximate surface area is 165 Å². The Morgan fingerprint density at radius 1 is 1.22 bits per heavy atom. The number of likely N-dealkylation sites (tertiary alicyclic amines) is 1. The number of amides is 1. The molecule has 0 aromatic heterocycles. The van der Waals surface area contributed by atoms with Crippen LogP contribution < -0.4 is 0 Å². The topological polar surface area (TPSA) is 74.7 Å². The minimum Gasteiger partial charge on any atom is -0.481 e. The molecule has 0 aliphatic carbocycles. The van der Waals surface area contributed by atoms with Crippen molar-refractivity contribution in [2.45, 2.75) is 65.0 Å². The fraction of sp³-hybridized carbons (Fsp3) is 0.571. The summed E-state index contributed by atoms with van der Waals surface area (Å²) >= 11 is 5.99. The number of nitrogens with zero attached hydrogens (tertiary/aromatic N) is 1. The van der Waals surface area contributed by atoms with Gasteiger partial charge in [0, 0.05) is 17.4 Å². The van der Waals surface area contributed by atoms with Gasteiger partial charge in [-0.05, 0) is 42.9 Å². The SMILES string of the molecule is CC[C@@H](C(=O)CC(C)C)N1C(=O)C(CC(=O)O)CCC1c1ccc(Cl)cc1. The van der Waals surface area contributed by atoms with E-state index in [1.165, 1.54) is 0 Å². The van der Waals surface area contributed by atoms with Crippen molar-refractivity contribution in [1.29, 1.82) is 0 Å². The Kier molecular flexibility index (Phi) is 7.42. The van der Waals surface area contributed by atoms with Crippen molar-refractivity contribution in [1.82, 2.24) is 4.90 Å². The third-order valence-corrected chi connectivity index (χ3v) is 5.36. The van der Waals surface area contributed by atoms with E-state index < -0.39 is 17.9 Å². The zero-order valence-electron chi connectivity index (χ0n) is 16.2. The van der Waals surface area contributed by atoms with E-state index in [9.17, 15) is 14.4 Å². The number of rotatable bonds is 8. The lowest BCUT2D eigenvalue weighted by atomic mass is 9.84. The summed E-state index contributed by atoms with van der Waals surface area (Å²) in [4.78, 5) is 38.9. The molecule has 0 spiro atoms. The number of carboxylic acids is 1. The number of carboxylic acid groups (broad SMARTS) is 1. The van der Waals surface area contributed by atoms with Gasteiger partial charge in [-0.15, -0.1) is 0 Å². The van der Waals surface area contributed by atoms with Crippen LogP contribution in [0.4, 0.5) is 0 Å². The van der Waals surface area contributed by atoms with Gasteiger partial charge >= 0.3 is 5.97 Å². The molecule has 3 atom stereocenters. The van der Waals surface area contributed by atoms with Crippen molar-refractivity contribution in [3.63, 3.8) is 0 Å². The van der Waals surface area contributed by atoms with Gasteiger partial charge in [-0.1, -0.05) is 44.5 Å². The fourth-order valence-corrected chi connectivity index (χ4v) is 4.01. The number of halogens is 1. The van der Waals surface area contributed by atoms with Gasteiger partial charge in [-0.2, -0.15) is 0 Å². The Balaban J connectivity index is 2.39. The Morgan fingerprint density at radius 3 is 2.37 bits per heavy atom. The predicted octanol–water partition coefficient (Wildman–Crippen LogP) is 4.49. The van der Waals surface area contributed by atoms with Gasteiger partial charge in [0.05, 0.1) is 18.5 Å². The van der Waals surface area contributed by atoms with Gasteiger partial charge in [0.1, 0.15) is 0 Å². The average Bonchev–Trinajstić information content (AvgIpc) is 2.58. The molecule has 1 fully saturated rings. The maximum absolute atomic E-state index is 13.2. The third kappa shape index (κ3) is 5.32. The lowest BCUT2D eigenvalue weighted by Gasteiger charge is -2.43. The van der Waals surface area contributed by atoms with Crippen LogP contribution in [0.3, 0.4) is 0 Å². The van der Waals surface area contributed by atoms with Crippen LogP contribution in [0.2, 0.25) is 5.02 Å². The van der Waals surface area contributed by atoms with E-state index in [1.54, 1.807) is 17.0 Å². The minimum absolute atomic E-state index is 0.0378. The van der Waals surface area contributed by atoms with Crippen LogP contribution in [0, 0.1) is 11.8 Å². The van der Waals surface area contributed by atoms with Crippen molar-refractivity contribution >= 4 is 29.3 Å². The zero-order chi connectivity index (χ0) is 20.1. The lowest BCUT2D eigenvalue weighted by Crippen LogP contribution is -2.52. The number of hydrogen-bond acceptors (Lipinski definition) is 3. The molecular weight excluding hydrogens is 366 g/mol.